The third-order valence-corrected chi connectivity index (χ3v) is 5.50. The summed E-state index contributed by atoms with van der Waals surface area (Å²) in [5.41, 5.74) is 2.80. The molecule has 0 radical (unpaired) electrons. The number of imidazole rings is 1. The van der Waals surface area contributed by atoms with E-state index in [-0.39, 0.29) is 11.4 Å². The van der Waals surface area contributed by atoms with E-state index in [9.17, 15) is 9.18 Å². The maximum atomic E-state index is 14.9. The average Bonchev–Trinajstić information content (AvgIpc) is 3.34. The summed E-state index contributed by atoms with van der Waals surface area (Å²) >= 11 is 0. The van der Waals surface area contributed by atoms with Crippen LogP contribution < -0.4 is 15.2 Å². The molecule has 9 nitrogen and oxygen atoms in total. The first-order valence-electron chi connectivity index (χ1n) is 9.69. The summed E-state index contributed by atoms with van der Waals surface area (Å²) in [5, 5.41) is 4.89. The number of halogens is 1. The van der Waals surface area contributed by atoms with Gasteiger partial charge in [0, 0.05) is 42.9 Å². The van der Waals surface area contributed by atoms with Gasteiger partial charge in [-0.05, 0) is 6.07 Å². The predicted molar refractivity (Wildman–Crippen MR) is 117 cm³/mol. The number of pyridine rings is 2. The topological polar surface area (TPSA) is 89.0 Å². The van der Waals surface area contributed by atoms with Crippen molar-refractivity contribution in [3.8, 4) is 28.3 Å². The smallest absolute Gasteiger partial charge is 0.333 e. The maximum Gasteiger partial charge on any atom is 0.333 e. The maximum absolute atomic E-state index is 14.9. The Morgan fingerprint density at radius 2 is 1.78 bits per heavy atom. The van der Waals surface area contributed by atoms with Crippen LogP contribution >= 0.6 is 0 Å². The van der Waals surface area contributed by atoms with E-state index in [1.54, 1.807) is 37.3 Å². The van der Waals surface area contributed by atoms with Gasteiger partial charge >= 0.3 is 5.69 Å². The molecule has 0 aliphatic rings. The summed E-state index contributed by atoms with van der Waals surface area (Å²) in [4.78, 5) is 21.6. The zero-order chi connectivity index (χ0) is 22.6. The molecule has 0 aliphatic carbocycles. The second kappa shape index (κ2) is 7.19. The molecule has 10 heteroatoms. The van der Waals surface area contributed by atoms with Gasteiger partial charge in [0.2, 0.25) is 0 Å². The van der Waals surface area contributed by atoms with E-state index >= 15 is 0 Å². The van der Waals surface area contributed by atoms with Gasteiger partial charge in [-0.25, -0.2) is 9.18 Å². The highest BCUT2D eigenvalue weighted by molar-refractivity contribution is 6.05. The van der Waals surface area contributed by atoms with Crippen molar-refractivity contribution in [2.24, 2.45) is 14.1 Å². The zero-order valence-corrected chi connectivity index (χ0v) is 17.8. The van der Waals surface area contributed by atoms with Crippen LogP contribution in [0.5, 0.6) is 11.5 Å². The lowest BCUT2D eigenvalue weighted by atomic mass is 10.0. The number of aromatic nitrogens is 6. The number of aryl methyl sites for hydroxylation is 2. The molecule has 0 bridgehead atoms. The standard InChI is InChI=1S/C22H19FN6O3/c1-27-11-12(7-26-27)13-5-14-16(6-18(13)31-3)25-9-17-20(14)29(22(30)28(17)2)21-15(23)8-24-10-19(21)32-4/h5-11H,1-4H3. The molecule has 0 saturated carbocycles. The lowest BCUT2D eigenvalue weighted by Crippen LogP contribution is -2.22. The normalized spacial score (nSPS) is 11.4. The molecule has 4 aromatic heterocycles. The van der Waals surface area contributed by atoms with Gasteiger partial charge in [0.1, 0.15) is 11.4 Å². The number of nitrogens with zero attached hydrogens (tertiary/aromatic N) is 6. The first kappa shape index (κ1) is 19.7. The Morgan fingerprint density at radius 3 is 2.47 bits per heavy atom. The fourth-order valence-corrected chi connectivity index (χ4v) is 3.96. The first-order valence-corrected chi connectivity index (χ1v) is 9.69. The molecule has 4 heterocycles. The highest BCUT2D eigenvalue weighted by Gasteiger charge is 2.23. The van der Waals surface area contributed by atoms with E-state index in [0.717, 1.165) is 17.3 Å². The second-order valence-electron chi connectivity index (χ2n) is 7.31. The lowest BCUT2D eigenvalue weighted by molar-refractivity contribution is 0.406. The van der Waals surface area contributed by atoms with E-state index in [2.05, 4.69) is 15.1 Å². The van der Waals surface area contributed by atoms with Crippen LogP contribution in [0.2, 0.25) is 0 Å². The van der Waals surface area contributed by atoms with Crippen molar-refractivity contribution in [3.05, 3.63) is 59.4 Å². The highest BCUT2D eigenvalue weighted by Crippen LogP contribution is 2.37. The van der Waals surface area contributed by atoms with Crippen LogP contribution in [0, 0.1) is 5.82 Å². The molecular weight excluding hydrogens is 415 g/mol. The minimum absolute atomic E-state index is 0.00986. The molecule has 0 unspecified atom stereocenters. The van der Waals surface area contributed by atoms with Gasteiger partial charge in [-0.2, -0.15) is 5.10 Å². The van der Waals surface area contributed by atoms with Crippen molar-refractivity contribution in [3.63, 3.8) is 0 Å². The van der Waals surface area contributed by atoms with Crippen LogP contribution in [-0.2, 0) is 14.1 Å². The van der Waals surface area contributed by atoms with Crippen LogP contribution in [0.4, 0.5) is 4.39 Å². The molecule has 0 atom stereocenters. The molecule has 0 aliphatic heterocycles. The minimum Gasteiger partial charge on any atom is -0.496 e. The number of rotatable bonds is 4. The molecular formula is C22H19FN6O3. The van der Waals surface area contributed by atoms with E-state index in [4.69, 9.17) is 9.47 Å². The minimum atomic E-state index is -0.676. The van der Waals surface area contributed by atoms with Gasteiger partial charge < -0.3 is 9.47 Å². The Kier molecular flexibility index (Phi) is 4.43. The van der Waals surface area contributed by atoms with Crippen LogP contribution in [0.3, 0.4) is 0 Å². The fourth-order valence-electron chi connectivity index (χ4n) is 3.96. The quantitative estimate of drug-likeness (QED) is 0.432. The summed E-state index contributed by atoms with van der Waals surface area (Å²) in [6.45, 7) is 0. The van der Waals surface area contributed by atoms with Gasteiger partial charge in [-0.1, -0.05) is 0 Å². The number of hydrogen-bond acceptors (Lipinski definition) is 6. The third-order valence-electron chi connectivity index (χ3n) is 5.50. The molecule has 0 N–H and O–H groups in total. The van der Waals surface area contributed by atoms with Crippen molar-refractivity contribution in [2.45, 2.75) is 0 Å². The first-order chi connectivity index (χ1) is 15.4. The Hall–Kier alpha value is -4.21. The van der Waals surface area contributed by atoms with Gasteiger partial charge in [0.25, 0.3) is 0 Å². The lowest BCUT2D eigenvalue weighted by Gasteiger charge is -2.13. The molecule has 5 aromatic rings. The fraction of sp³-hybridized carbons (Fsp3) is 0.182. The average molecular weight is 434 g/mol. The molecule has 162 valence electrons. The Balaban J connectivity index is 1.96. The monoisotopic (exact) mass is 434 g/mol. The van der Waals surface area contributed by atoms with Crippen LogP contribution in [0.25, 0.3) is 38.8 Å². The number of fused-ring (bicyclic) bond motifs is 3. The van der Waals surface area contributed by atoms with Crippen LogP contribution in [-0.4, -0.2) is 43.1 Å². The van der Waals surface area contributed by atoms with Gasteiger partial charge in [-0.3, -0.25) is 23.8 Å². The molecule has 5 rings (SSSR count). The molecule has 0 fully saturated rings. The van der Waals surface area contributed by atoms with Crippen LogP contribution in [0.15, 0.2) is 47.9 Å². The Labute approximate surface area is 181 Å². The van der Waals surface area contributed by atoms with E-state index < -0.39 is 11.5 Å². The van der Waals surface area contributed by atoms with E-state index in [1.165, 1.54) is 22.4 Å². The predicted octanol–water partition coefficient (Wildman–Crippen LogP) is 2.83. The highest BCUT2D eigenvalue weighted by atomic mass is 19.1. The number of hydrogen-bond donors (Lipinski definition) is 0. The molecule has 32 heavy (non-hydrogen) atoms. The zero-order valence-electron chi connectivity index (χ0n) is 17.8. The van der Waals surface area contributed by atoms with Crippen molar-refractivity contribution < 1.29 is 13.9 Å². The summed E-state index contributed by atoms with van der Waals surface area (Å²) in [6.07, 6.45) is 7.60. The van der Waals surface area contributed by atoms with Crippen molar-refractivity contribution in [1.29, 1.82) is 0 Å². The summed E-state index contributed by atoms with van der Waals surface area (Å²) in [5.74, 6) is 0.0744. The number of methoxy groups -OCH3 is 2. The molecule has 1 aromatic carbocycles. The van der Waals surface area contributed by atoms with E-state index in [1.807, 2.05) is 19.3 Å². The van der Waals surface area contributed by atoms with Gasteiger partial charge in [0.15, 0.2) is 11.6 Å². The largest absolute Gasteiger partial charge is 0.496 e. The summed E-state index contributed by atoms with van der Waals surface area (Å²) in [6, 6.07) is 3.67. The molecule has 0 spiro atoms. The summed E-state index contributed by atoms with van der Waals surface area (Å²) < 4.78 is 30.3. The van der Waals surface area contributed by atoms with Crippen molar-refractivity contribution in [2.75, 3.05) is 14.2 Å². The van der Waals surface area contributed by atoms with Crippen LogP contribution in [0.1, 0.15) is 0 Å². The van der Waals surface area contributed by atoms with Gasteiger partial charge in [-0.15, -0.1) is 0 Å². The SMILES string of the molecule is COc1cc2ncc3c(c2cc1-c1cnn(C)c1)n(-c1c(F)cncc1OC)c(=O)n3C. The van der Waals surface area contributed by atoms with E-state index in [0.29, 0.717) is 27.7 Å². The molecule has 0 amide bonds. The second-order valence-corrected chi connectivity index (χ2v) is 7.31. The third kappa shape index (κ3) is 2.76. The Bertz CT molecular complexity index is 1570. The van der Waals surface area contributed by atoms with Crippen molar-refractivity contribution in [1.82, 2.24) is 28.9 Å². The summed E-state index contributed by atoms with van der Waals surface area (Å²) in [7, 11) is 6.42. The van der Waals surface area contributed by atoms with Gasteiger partial charge in [0.05, 0.1) is 55.6 Å². The number of ether oxygens (including phenoxy) is 2. The number of benzene rings is 1. The Morgan fingerprint density at radius 1 is 1.00 bits per heavy atom. The van der Waals surface area contributed by atoms with Crippen molar-refractivity contribution >= 4 is 21.9 Å². The molecule has 0 saturated heterocycles.